The second-order valence-electron chi connectivity index (χ2n) is 8.92. The van der Waals surface area contributed by atoms with Gasteiger partial charge in [0.25, 0.3) is 5.91 Å². The summed E-state index contributed by atoms with van der Waals surface area (Å²) in [6, 6.07) is 6.85. The number of nitrogens with two attached hydrogens (primary N) is 1. The fourth-order valence-electron chi connectivity index (χ4n) is 5.34. The van der Waals surface area contributed by atoms with Crippen molar-refractivity contribution in [1.29, 1.82) is 0 Å². The highest BCUT2D eigenvalue weighted by Gasteiger charge is 2.58. The lowest BCUT2D eigenvalue weighted by Crippen LogP contribution is -2.66. The summed E-state index contributed by atoms with van der Waals surface area (Å²) in [5, 5.41) is 22.7. The van der Waals surface area contributed by atoms with Crippen LogP contribution in [0.15, 0.2) is 34.9 Å². The molecule has 3 atom stereocenters. The molecule has 2 aliphatic carbocycles. The van der Waals surface area contributed by atoms with Gasteiger partial charge in [0.1, 0.15) is 29.7 Å². The molecule has 4 N–H and O–H groups in total. The minimum Gasteiger partial charge on any atom is -0.507 e. The number of hydrogen-bond acceptors (Lipinski definition) is 5. The molecule has 1 unspecified atom stereocenters. The maximum atomic E-state index is 12.3. The van der Waals surface area contributed by atoms with Crippen LogP contribution in [0.3, 0.4) is 0 Å². The summed E-state index contributed by atoms with van der Waals surface area (Å²) in [6.45, 7) is 0.585. The number of nitrogens with zero attached hydrogens (tertiary/aromatic N) is 1. The van der Waals surface area contributed by atoms with Crippen molar-refractivity contribution in [1.82, 2.24) is 0 Å². The number of primary amides is 1. The molecule has 0 saturated heterocycles. The Morgan fingerprint density at radius 2 is 2.07 bits per heavy atom. The predicted octanol–water partition coefficient (Wildman–Crippen LogP) is 1.85. The number of furan rings is 1. The van der Waals surface area contributed by atoms with Crippen LogP contribution >= 0.6 is 0 Å². The number of quaternary nitrogens is 1. The topological polar surface area (TPSA) is 114 Å². The lowest BCUT2D eigenvalue weighted by Gasteiger charge is -2.54. The van der Waals surface area contributed by atoms with Gasteiger partial charge in [0.05, 0.1) is 25.9 Å². The maximum absolute atomic E-state index is 12.3. The Bertz CT molecular complexity index is 966. The van der Waals surface area contributed by atoms with Crippen molar-refractivity contribution in [2.24, 2.45) is 5.73 Å². The van der Waals surface area contributed by atoms with E-state index < -0.39 is 17.4 Å². The number of ketones is 1. The molecule has 1 amide bonds. The number of benzene rings is 1. The fourth-order valence-corrected chi connectivity index (χ4v) is 5.34. The standard InChI is InChI=1S/C22H26N2O5/c1-24(2,12-15-4-3-9-29-15)18-10-13-5-6-16(21(23)27)20(26)19(13)17-11-14(25)7-8-22(17,18)28/h3-6,9,17-18,28H,7-8,10-12H2,1-2H3,(H2-,23,26,27)/p+1/t17?,18-,22+/m1/s1. The van der Waals surface area contributed by atoms with Crippen LogP contribution in [0.5, 0.6) is 5.75 Å². The van der Waals surface area contributed by atoms with Gasteiger partial charge in [-0.1, -0.05) is 6.07 Å². The number of hydrogen-bond donors (Lipinski definition) is 3. The lowest BCUT2D eigenvalue weighted by atomic mass is 9.61. The number of rotatable bonds is 4. The van der Waals surface area contributed by atoms with Crippen molar-refractivity contribution < 1.29 is 28.7 Å². The average Bonchev–Trinajstić information content (AvgIpc) is 3.14. The Morgan fingerprint density at radius 1 is 1.31 bits per heavy atom. The SMILES string of the molecule is C[N+](C)(Cc1ccco1)[C@@H]1Cc2ccc(C(N)=O)c(O)c2C2CC(=O)CC[C@]21O. The smallest absolute Gasteiger partial charge is 0.252 e. The third-order valence-electron chi connectivity index (χ3n) is 6.74. The molecular formula is C22H27N2O5+. The Labute approximate surface area is 169 Å². The van der Waals surface area contributed by atoms with Crippen molar-refractivity contribution in [2.45, 2.75) is 49.8 Å². The van der Waals surface area contributed by atoms with E-state index in [0.29, 0.717) is 35.9 Å². The summed E-state index contributed by atoms with van der Waals surface area (Å²) >= 11 is 0. The Hall–Kier alpha value is -2.64. The number of phenols is 1. The summed E-state index contributed by atoms with van der Waals surface area (Å²) in [7, 11) is 4.09. The van der Waals surface area contributed by atoms with Gasteiger partial charge in [-0.15, -0.1) is 0 Å². The zero-order valence-electron chi connectivity index (χ0n) is 16.7. The quantitative estimate of drug-likeness (QED) is 0.679. The first-order valence-corrected chi connectivity index (χ1v) is 9.87. The van der Waals surface area contributed by atoms with Crippen LogP contribution in [0, 0.1) is 0 Å². The van der Waals surface area contributed by atoms with Crippen LogP contribution in [-0.2, 0) is 17.8 Å². The van der Waals surface area contributed by atoms with Crippen LogP contribution in [0.25, 0.3) is 0 Å². The van der Waals surface area contributed by atoms with Crippen molar-refractivity contribution >= 4 is 11.7 Å². The third kappa shape index (κ3) is 3.14. The molecule has 7 heteroatoms. The van der Waals surface area contributed by atoms with Gasteiger partial charge in [-0.2, -0.15) is 0 Å². The molecule has 0 spiro atoms. The summed E-state index contributed by atoms with van der Waals surface area (Å²) in [6.07, 6.45) is 2.90. The highest BCUT2D eigenvalue weighted by Crippen LogP contribution is 2.52. The number of carbonyl (C=O) groups excluding carboxylic acids is 2. The maximum Gasteiger partial charge on any atom is 0.252 e. The number of amides is 1. The first-order valence-electron chi connectivity index (χ1n) is 9.87. The van der Waals surface area contributed by atoms with Crippen LogP contribution < -0.4 is 5.73 Å². The van der Waals surface area contributed by atoms with E-state index in [1.54, 1.807) is 12.3 Å². The highest BCUT2D eigenvalue weighted by molar-refractivity contribution is 5.96. The molecule has 1 fully saturated rings. The Kier molecular flexibility index (Phi) is 4.55. The van der Waals surface area contributed by atoms with Gasteiger partial charge in [0, 0.05) is 30.7 Å². The van der Waals surface area contributed by atoms with E-state index in [-0.39, 0.29) is 29.6 Å². The average molecular weight is 399 g/mol. The summed E-state index contributed by atoms with van der Waals surface area (Å²) in [5.41, 5.74) is 5.57. The Morgan fingerprint density at radius 3 is 2.72 bits per heavy atom. The minimum atomic E-state index is -1.19. The van der Waals surface area contributed by atoms with Gasteiger partial charge in [-0.05, 0) is 30.2 Å². The first kappa shape index (κ1) is 19.7. The van der Waals surface area contributed by atoms with Crippen LogP contribution in [0.4, 0.5) is 0 Å². The lowest BCUT2D eigenvalue weighted by molar-refractivity contribution is -0.936. The number of Topliss-reactive ketones (excluding diaryl/α,β-unsaturated/α-hetero) is 1. The molecule has 1 aromatic heterocycles. The largest absolute Gasteiger partial charge is 0.507 e. The molecule has 0 aliphatic heterocycles. The molecular weight excluding hydrogens is 372 g/mol. The second-order valence-corrected chi connectivity index (χ2v) is 8.92. The Balaban J connectivity index is 1.83. The molecule has 4 rings (SSSR count). The van der Waals surface area contributed by atoms with Crippen LogP contribution in [-0.4, -0.2) is 52.1 Å². The molecule has 1 heterocycles. The van der Waals surface area contributed by atoms with Crippen molar-refractivity contribution in [2.75, 3.05) is 14.1 Å². The molecule has 0 bridgehead atoms. The fraction of sp³-hybridized carbons (Fsp3) is 0.455. The van der Waals surface area contributed by atoms with Gasteiger partial charge < -0.3 is 24.8 Å². The van der Waals surface area contributed by atoms with E-state index in [4.69, 9.17) is 10.2 Å². The van der Waals surface area contributed by atoms with Crippen LogP contribution in [0.2, 0.25) is 0 Å². The molecule has 29 heavy (non-hydrogen) atoms. The molecule has 1 saturated carbocycles. The number of aliphatic hydroxyl groups is 1. The monoisotopic (exact) mass is 399 g/mol. The zero-order chi connectivity index (χ0) is 21.0. The predicted molar refractivity (Wildman–Crippen MR) is 105 cm³/mol. The normalized spacial score (nSPS) is 26.7. The van der Waals surface area contributed by atoms with Crippen molar-refractivity contribution in [3.63, 3.8) is 0 Å². The van der Waals surface area contributed by atoms with E-state index in [1.165, 1.54) is 6.07 Å². The summed E-state index contributed by atoms with van der Waals surface area (Å²) in [4.78, 5) is 24.0. The highest BCUT2D eigenvalue weighted by atomic mass is 16.3. The summed E-state index contributed by atoms with van der Waals surface area (Å²) < 4.78 is 6.00. The first-order chi connectivity index (χ1) is 13.6. The zero-order valence-corrected chi connectivity index (χ0v) is 16.7. The van der Waals surface area contributed by atoms with Gasteiger partial charge in [-0.25, -0.2) is 0 Å². The minimum absolute atomic E-state index is 0.0203. The second kappa shape index (κ2) is 6.71. The van der Waals surface area contributed by atoms with E-state index in [1.807, 2.05) is 26.2 Å². The summed E-state index contributed by atoms with van der Waals surface area (Å²) in [5.74, 6) is -0.646. The van der Waals surface area contributed by atoms with Crippen LogP contribution in [0.1, 0.15) is 52.4 Å². The van der Waals surface area contributed by atoms with E-state index in [2.05, 4.69) is 0 Å². The molecule has 2 aromatic rings. The van der Waals surface area contributed by atoms with Gasteiger partial charge in [0.15, 0.2) is 5.76 Å². The number of likely N-dealkylation sites (N-methyl/N-ethyl adjacent to an activating group) is 1. The molecule has 2 aliphatic rings. The van der Waals surface area contributed by atoms with Gasteiger partial charge in [0.2, 0.25) is 0 Å². The third-order valence-corrected chi connectivity index (χ3v) is 6.74. The van der Waals surface area contributed by atoms with Crippen molar-refractivity contribution in [3.8, 4) is 5.75 Å². The van der Waals surface area contributed by atoms with Gasteiger partial charge in [-0.3, -0.25) is 9.59 Å². The van der Waals surface area contributed by atoms with E-state index in [0.717, 1.165) is 11.3 Å². The molecule has 0 radical (unpaired) electrons. The number of fused-ring (bicyclic) bond motifs is 3. The van der Waals surface area contributed by atoms with Gasteiger partial charge >= 0.3 is 0 Å². The number of aromatic hydroxyl groups is 1. The molecule has 1 aromatic carbocycles. The number of carbonyl (C=O) groups is 2. The van der Waals surface area contributed by atoms with E-state index in [9.17, 15) is 19.8 Å². The van der Waals surface area contributed by atoms with Crippen molar-refractivity contribution in [3.05, 3.63) is 53.0 Å². The molecule has 154 valence electrons. The van der Waals surface area contributed by atoms with E-state index >= 15 is 0 Å². The molecule has 7 nitrogen and oxygen atoms in total.